The van der Waals surface area contributed by atoms with Gasteiger partial charge in [-0.1, -0.05) is 6.92 Å². The summed E-state index contributed by atoms with van der Waals surface area (Å²) >= 11 is 0. The maximum Gasteiger partial charge on any atom is 0.0120 e. The monoisotopic (exact) mass is 182 g/mol. The molecular weight excluding hydrogens is 160 g/mol. The van der Waals surface area contributed by atoms with E-state index in [1.165, 1.54) is 32.6 Å². The summed E-state index contributed by atoms with van der Waals surface area (Å²) in [5, 5.41) is 0. The van der Waals surface area contributed by atoms with Crippen molar-refractivity contribution in [3.63, 3.8) is 0 Å². The van der Waals surface area contributed by atoms with Crippen LogP contribution in [-0.2, 0) is 0 Å². The van der Waals surface area contributed by atoms with Crippen molar-refractivity contribution in [1.82, 2.24) is 9.80 Å². The fourth-order valence-corrected chi connectivity index (χ4v) is 2.69. The first-order valence-electron chi connectivity index (χ1n) is 5.59. The second kappa shape index (κ2) is 3.58. The van der Waals surface area contributed by atoms with Crippen molar-refractivity contribution >= 4 is 0 Å². The van der Waals surface area contributed by atoms with Gasteiger partial charge in [-0.05, 0) is 38.8 Å². The van der Waals surface area contributed by atoms with Crippen LogP contribution < -0.4 is 0 Å². The van der Waals surface area contributed by atoms with Gasteiger partial charge in [-0.3, -0.25) is 0 Å². The van der Waals surface area contributed by atoms with Crippen molar-refractivity contribution < 1.29 is 0 Å². The number of likely N-dealkylation sites (tertiary alicyclic amines) is 2. The van der Waals surface area contributed by atoms with Crippen LogP contribution in [0.25, 0.3) is 0 Å². The normalized spacial score (nSPS) is 34.8. The summed E-state index contributed by atoms with van der Waals surface area (Å²) in [5.41, 5.74) is 0. The molecule has 0 amide bonds. The van der Waals surface area contributed by atoms with Crippen LogP contribution in [0.5, 0.6) is 0 Å². The van der Waals surface area contributed by atoms with E-state index in [0.717, 1.165) is 17.9 Å². The first kappa shape index (κ1) is 9.47. The van der Waals surface area contributed by atoms with Gasteiger partial charge in [0.15, 0.2) is 0 Å². The van der Waals surface area contributed by atoms with Crippen LogP contribution in [0.3, 0.4) is 0 Å². The Labute approximate surface area is 81.9 Å². The van der Waals surface area contributed by atoms with Gasteiger partial charge in [-0.15, -0.1) is 0 Å². The largest absolute Gasteiger partial charge is 0.306 e. The highest BCUT2D eigenvalue weighted by Crippen LogP contribution is 2.25. The zero-order valence-corrected chi connectivity index (χ0v) is 9.16. The van der Waals surface area contributed by atoms with E-state index in [0.29, 0.717) is 0 Å². The lowest BCUT2D eigenvalue weighted by Gasteiger charge is -2.43. The van der Waals surface area contributed by atoms with Gasteiger partial charge in [0, 0.05) is 25.7 Å². The summed E-state index contributed by atoms with van der Waals surface area (Å²) in [6.45, 7) is 10.1. The minimum atomic E-state index is 0.821. The highest BCUT2D eigenvalue weighted by molar-refractivity contribution is 4.88. The molecule has 2 heterocycles. The van der Waals surface area contributed by atoms with Crippen LogP contribution in [0.4, 0.5) is 0 Å². The summed E-state index contributed by atoms with van der Waals surface area (Å²) in [6, 6.07) is 0.821. The number of hydrogen-bond acceptors (Lipinski definition) is 2. The topological polar surface area (TPSA) is 6.48 Å². The van der Waals surface area contributed by atoms with Gasteiger partial charge in [0.25, 0.3) is 0 Å². The van der Waals surface area contributed by atoms with Crippen LogP contribution in [-0.4, -0.2) is 49.1 Å². The van der Waals surface area contributed by atoms with E-state index >= 15 is 0 Å². The zero-order chi connectivity index (χ0) is 9.42. The molecule has 2 unspecified atom stereocenters. The summed E-state index contributed by atoms with van der Waals surface area (Å²) in [5.74, 6) is 1.87. The van der Waals surface area contributed by atoms with Gasteiger partial charge in [-0.2, -0.15) is 0 Å². The molecule has 2 heteroatoms. The van der Waals surface area contributed by atoms with Gasteiger partial charge >= 0.3 is 0 Å². The smallest absolute Gasteiger partial charge is 0.0120 e. The van der Waals surface area contributed by atoms with Crippen molar-refractivity contribution in [1.29, 1.82) is 0 Å². The molecule has 0 aromatic rings. The molecule has 0 N–H and O–H groups in total. The molecular formula is C11H22N2. The average molecular weight is 182 g/mol. The molecule has 0 saturated carbocycles. The Balaban J connectivity index is 1.80. The van der Waals surface area contributed by atoms with Gasteiger partial charge in [0.2, 0.25) is 0 Å². The zero-order valence-electron chi connectivity index (χ0n) is 9.16. The molecule has 2 fully saturated rings. The molecule has 2 aliphatic rings. The first-order chi connectivity index (χ1) is 6.16. The molecule has 0 aromatic carbocycles. The van der Waals surface area contributed by atoms with Gasteiger partial charge in [0.05, 0.1) is 0 Å². The Morgan fingerprint density at radius 3 is 2.38 bits per heavy atom. The SMILES string of the molecule is CC1CCN(C(C)C2CN(C)C2)C1. The van der Waals surface area contributed by atoms with E-state index in [9.17, 15) is 0 Å². The van der Waals surface area contributed by atoms with Crippen molar-refractivity contribution in [2.75, 3.05) is 33.2 Å². The lowest BCUT2D eigenvalue weighted by molar-refractivity contribution is 0.0547. The van der Waals surface area contributed by atoms with E-state index in [-0.39, 0.29) is 0 Å². The second-order valence-electron chi connectivity index (χ2n) is 5.11. The van der Waals surface area contributed by atoms with Crippen LogP contribution >= 0.6 is 0 Å². The Bertz CT molecular complexity index is 175. The minimum Gasteiger partial charge on any atom is -0.306 e. The van der Waals surface area contributed by atoms with Crippen LogP contribution in [0.15, 0.2) is 0 Å². The molecule has 0 aromatic heterocycles. The molecule has 2 atom stereocenters. The number of nitrogens with zero attached hydrogens (tertiary/aromatic N) is 2. The molecule has 0 spiro atoms. The molecule has 2 aliphatic heterocycles. The van der Waals surface area contributed by atoms with Gasteiger partial charge in [0.1, 0.15) is 0 Å². The third-order valence-electron chi connectivity index (χ3n) is 3.81. The molecule has 13 heavy (non-hydrogen) atoms. The van der Waals surface area contributed by atoms with E-state index in [1.807, 2.05) is 0 Å². The van der Waals surface area contributed by atoms with Crippen LogP contribution in [0.1, 0.15) is 20.3 Å². The maximum atomic E-state index is 2.68. The lowest BCUT2D eigenvalue weighted by Crippen LogP contribution is -2.53. The summed E-state index contributed by atoms with van der Waals surface area (Å²) in [4.78, 5) is 5.10. The third kappa shape index (κ3) is 1.89. The number of hydrogen-bond donors (Lipinski definition) is 0. The average Bonchev–Trinajstić information content (AvgIpc) is 2.45. The quantitative estimate of drug-likeness (QED) is 0.635. The van der Waals surface area contributed by atoms with Crippen molar-refractivity contribution in [2.24, 2.45) is 11.8 Å². The van der Waals surface area contributed by atoms with E-state index in [1.54, 1.807) is 0 Å². The highest BCUT2D eigenvalue weighted by Gasteiger charge is 2.34. The third-order valence-corrected chi connectivity index (χ3v) is 3.81. The Hall–Kier alpha value is -0.0800. The van der Waals surface area contributed by atoms with Crippen molar-refractivity contribution in [3.05, 3.63) is 0 Å². The van der Waals surface area contributed by atoms with Gasteiger partial charge in [-0.25, -0.2) is 0 Å². The lowest BCUT2D eigenvalue weighted by atomic mass is 9.92. The fraction of sp³-hybridized carbons (Fsp3) is 1.00. The molecule has 0 bridgehead atoms. The van der Waals surface area contributed by atoms with Crippen molar-refractivity contribution in [3.8, 4) is 0 Å². The molecule has 2 saturated heterocycles. The molecule has 0 radical (unpaired) electrons. The fourth-order valence-electron chi connectivity index (χ4n) is 2.69. The van der Waals surface area contributed by atoms with Crippen LogP contribution in [0.2, 0.25) is 0 Å². The molecule has 0 aliphatic carbocycles. The summed E-state index contributed by atoms with van der Waals surface area (Å²) in [6.07, 6.45) is 1.41. The van der Waals surface area contributed by atoms with Crippen LogP contribution in [0, 0.1) is 11.8 Å². The standard InChI is InChI=1S/C11H22N2/c1-9-4-5-13(6-9)10(2)11-7-12(3)8-11/h9-11H,4-8H2,1-3H3. The Kier molecular flexibility index (Phi) is 2.61. The highest BCUT2D eigenvalue weighted by atomic mass is 15.2. The minimum absolute atomic E-state index is 0.821. The van der Waals surface area contributed by atoms with Crippen molar-refractivity contribution in [2.45, 2.75) is 26.3 Å². The molecule has 2 rings (SSSR count). The number of rotatable bonds is 2. The maximum absolute atomic E-state index is 2.68. The first-order valence-corrected chi connectivity index (χ1v) is 5.59. The summed E-state index contributed by atoms with van der Waals surface area (Å²) < 4.78 is 0. The summed E-state index contributed by atoms with van der Waals surface area (Å²) in [7, 11) is 2.22. The molecule has 76 valence electrons. The molecule has 2 nitrogen and oxygen atoms in total. The van der Waals surface area contributed by atoms with E-state index in [4.69, 9.17) is 0 Å². The Morgan fingerprint density at radius 1 is 1.23 bits per heavy atom. The predicted octanol–water partition coefficient (Wildman–Crippen LogP) is 1.28. The van der Waals surface area contributed by atoms with Gasteiger partial charge < -0.3 is 9.80 Å². The predicted molar refractivity (Wildman–Crippen MR) is 55.8 cm³/mol. The van der Waals surface area contributed by atoms with E-state index < -0.39 is 0 Å². The Morgan fingerprint density at radius 2 is 1.92 bits per heavy atom. The second-order valence-corrected chi connectivity index (χ2v) is 5.11. The van der Waals surface area contributed by atoms with E-state index in [2.05, 4.69) is 30.7 Å².